The zero-order valence-electron chi connectivity index (χ0n) is 12.0. The van der Waals surface area contributed by atoms with E-state index in [1.807, 2.05) is 0 Å². The normalized spacial score (nSPS) is 11.8. The fourth-order valence-electron chi connectivity index (χ4n) is 1.80. The molecule has 1 aromatic carbocycles. The Morgan fingerprint density at radius 3 is 2.60 bits per heavy atom. The van der Waals surface area contributed by atoms with E-state index in [1.54, 1.807) is 32.4 Å². The van der Waals surface area contributed by atoms with E-state index in [0.29, 0.717) is 30.1 Å². The number of carbonyl (C=O) groups excluding carboxylic acids is 1. The highest BCUT2D eigenvalue weighted by Crippen LogP contribution is 2.24. The summed E-state index contributed by atoms with van der Waals surface area (Å²) < 4.78 is 15.3. The molecule has 0 aromatic heterocycles. The molecule has 1 atom stereocenters. The molecule has 6 heteroatoms. The van der Waals surface area contributed by atoms with Gasteiger partial charge in [0.25, 0.3) is 5.91 Å². The predicted octanol–water partition coefficient (Wildman–Crippen LogP) is 0.831. The Kier molecular flexibility index (Phi) is 6.83. The van der Waals surface area contributed by atoms with Crippen molar-refractivity contribution in [1.29, 1.82) is 0 Å². The number of methoxy groups -OCH3 is 3. The summed E-state index contributed by atoms with van der Waals surface area (Å²) in [5, 5.41) is 11.8. The van der Waals surface area contributed by atoms with Gasteiger partial charge in [-0.25, -0.2) is 0 Å². The summed E-state index contributed by atoms with van der Waals surface area (Å²) in [6, 6.07) is 4.72. The summed E-state index contributed by atoms with van der Waals surface area (Å²) in [4.78, 5) is 12.2. The minimum absolute atomic E-state index is 0.0198. The van der Waals surface area contributed by atoms with Crippen LogP contribution < -0.4 is 14.8 Å². The molecule has 0 saturated carbocycles. The van der Waals surface area contributed by atoms with Gasteiger partial charge in [-0.1, -0.05) is 0 Å². The number of hydrogen-bond acceptors (Lipinski definition) is 5. The summed E-state index contributed by atoms with van der Waals surface area (Å²) in [6.07, 6.45) is 0.429. The van der Waals surface area contributed by atoms with Crippen LogP contribution in [0.25, 0.3) is 0 Å². The van der Waals surface area contributed by atoms with Crippen LogP contribution in [0.1, 0.15) is 16.8 Å². The summed E-state index contributed by atoms with van der Waals surface area (Å²) in [5.74, 6) is 0.768. The minimum atomic E-state index is -0.278. The van der Waals surface area contributed by atoms with Crippen molar-refractivity contribution in [3.8, 4) is 11.5 Å². The van der Waals surface area contributed by atoms with Gasteiger partial charge in [0.1, 0.15) is 11.5 Å². The van der Waals surface area contributed by atoms with Crippen molar-refractivity contribution < 1.29 is 24.1 Å². The molecular weight excluding hydrogens is 262 g/mol. The number of rotatable bonds is 8. The van der Waals surface area contributed by atoms with E-state index in [0.717, 1.165) is 0 Å². The number of benzene rings is 1. The molecule has 112 valence electrons. The number of amides is 1. The molecule has 0 radical (unpaired) electrons. The molecule has 20 heavy (non-hydrogen) atoms. The smallest absolute Gasteiger partial charge is 0.255 e. The lowest BCUT2D eigenvalue weighted by molar-refractivity contribution is 0.0876. The van der Waals surface area contributed by atoms with Gasteiger partial charge in [0.15, 0.2) is 0 Å². The van der Waals surface area contributed by atoms with Crippen molar-refractivity contribution >= 4 is 5.91 Å². The van der Waals surface area contributed by atoms with E-state index in [2.05, 4.69) is 5.32 Å². The Hall–Kier alpha value is -1.79. The lowest BCUT2D eigenvalue weighted by atomic mass is 10.1. The highest BCUT2D eigenvalue weighted by atomic mass is 16.5. The third-order valence-corrected chi connectivity index (χ3v) is 2.83. The van der Waals surface area contributed by atoms with Crippen LogP contribution in [0.2, 0.25) is 0 Å². The Balaban J connectivity index is 2.85. The van der Waals surface area contributed by atoms with Gasteiger partial charge in [-0.2, -0.15) is 0 Å². The molecule has 1 aromatic rings. The predicted molar refractivity (Wildman–Crippen MR) is 74.4 cm³/mol. The Bertz CT molecular complexity index is 430. The van der Waals surface area contributed by atoms with Crippen molar-refractivity contribution in [2.45, 2.75) is 12.5 Å². The topological polar surface area (TPSA) is 77.0 Å². The number of ether oxygens (including phenoxy) is 3. The average Bonchev–Trinajstić information content (AvgIpc) is 2.46. The maximum atomic E-state index is 12.2. The summed E-state index contributed by atoms with van der Waals surface area (Å²) >= 11 is 0. The van der Waals surface area contributed by atoms with Crippen LogP contribution in [0.5, 0.6) is 11.5 Å². The first-order chi connectivity index (χ1) is 9.65. The van der Waals surface area contributed by atoms with E-state index < -0.39 is 0 Å². The second-order valence-electron chi connectivity index (χ2n) is 4.20. The second-order valence-corrected chi connectivity index (χ2v) is 4.20. The fraction of sp³-hybridized carbons (Fsp3) is 0.500. The second kappa shape index (κ2) is 8.39. The largest absolute Gasteiger partial charge is 0.497 e. The van der Waals surface area contributed by atoms with E-state index >= 15 is 0 Å². The number of aliphatic hydroxyl groups is 1. The third kappa shape index (κ3) is 4.40. The van der Waals surface area contributed by atoms with Crippen LogP contribution in [0.3, 0.4) is 0 Å². The van der Waals surface area contributed by atoms with E-state index in [-0.39, 0.29) is 18.6 Å². The molecule has 0 aliphatic heterocycles. The van der Waals surface area contributed by atoms with Crippen molar-refractivity contribution in [3.05, 3.63) is 23.8 Å². The number of hydrogen-bond donors (Lipinski definition) is 2. The summed E-state index contributed by atoms with van der Waals surface area (Å²) in [7, 11) is 4.58. The average molecular weight is 283 g/mol. The van der Waals surface area contributed by atoms with Crippen LogP contribution in [-0.4, -0.2) is 51.6 Å². The molecule has 2 N–H and O–H groups in total. The van der Waals surface area contributed by atoms with E-state index in [9.17, 15) is 4.79 Å². The van der Waals surface area contributed by atoms with Gasteiger partial charge in [-0.05, 0) is 18.6 Å². The highest BCUT2D eigenvalue weighted by molar-refractivity contribution is 5.97. The number of nitrogens with one attached hydrogen (secondary N) is 1. The van der Waals surface area contributed by atoms with Gasteiger partial charge >= 0.3 is 0 Å². The molecule has 0 bridgehead atoms. The van der Waals surface area contributed by atoms with Gasteiger partial charge in [-0.3, -0.25) is 4.79 Å². The van der Waals surface area contributed by atoms with Crippen LogP contribution in [0.4, 0.5) is 0 Å². The lowest BCUT2D eigenvalue weighted by Gasteiger charge is -2.18. The molecule has 6 nitrogen and oxygen atoms in total. The monoisotopic (exact) mass is 283 g/mol. The molecule has 0 saturated heterocycles. The molecule has 0 aliphatic rings. The first-order valence-electron chi connectivity index (χ1n) is 6.29. The van der Waals surface area contributed by atoms with Crippen molar-refractivity contribution in [3.63, 3.8) is 0 Å². The van der Waals surface area contributed by atoms with E-state index in [4.69, 9.17) is 19.3 Å². The maximum absolute atomic E-state index is 12.2. The Labute approximate surface area is 118 Å². The molecule has 1 rings (SSSR count). The van der Waals surface area contributed by atoms with Crippen molar-refractivity contribution in [2.24, 2.45) is 0 Å². The number of carbonyl (C=O) groups is 1. The zero-order chi connectivity index (χ0) is 15.0. The van der Waals surface area contributed by atoms with Crippen LogP contribution >= 0.6 is 0 Å². The molecule has 0 aliphatic carbocycles. The third-order valence-electron chi connectivity index (χ3n) is 2.83. The van der Waals surface area contributed by atoms with Gasteiger partial charge in [-0.15, -0.1) is 0 Å². The summed E-state index contributed by atoms with van der Waals surface area (Å²) in [6.45, 7) is 0.318. The molecule has 0 spiro atoms. The fourth-order valence-corrected chi connectivity index (χ4v) is 1.80. The molecule has 1 unspecified atom stereocenters. The standard InChI is InChI=1S/C14H21NO5/c1-18-9-10(6-7-16)15-14(17)12-5-4-11(19-2)8-13(12)20-3/h4-5,8,10,16H,6-7,9H2,1-3H3,(H,15,17). The Morgan fingerprint density at radius 2 is 2.05 bits per heavy atom. The molecule has 1 amide bonds. The quantitative estimate of drug-likeness (QED) is 0.739. The van der Waals surface area contributed by atoms with Gasteiger partial charge < -0.3 is 24.6 Å². The Morgan fingerprint density at radius 1 is 1.30 bits per heavy atom. The van der Waals surface area contributed by atoms with Gasteiger partial charge in [0, 0.05) is 19.8 Å². The van der Waals surface area contributed by atoms with Crippen LogP contribution in [0.15, 0.2) is 18.2 Å². The van der Waals surface area contributed by atoms with Crippen LogP contribution in [-0.2, 0) is 4.74 Å². The number of aliphatic hydroxyl groups excluding tert-OH is 1. The maximum Gasteiger partial charge on any atom is 0.255 e. The van der Waals surface area contributed by atoms with Gasteiger partial charge in [0.2, 0.25) is 0 Å². The molecule has 0 fully saturated rings. The minimum Gasteiger partial charge on any atom is -0.497 e. The lowest BCUT2D eigenvalue weighted by Crippen LogP contribution is -2.38. The molecule has 0 heterocycles. The first-order valence-corrected chi connectivity index (χ1v) is 6.29. The molecular formula is C14H21NO5. The first kappa shape index (κ1) is 16.3. The zero-order valence-corrected chi connectivity index (χ0v) is 12.0. The van der Waals surface area contributed by atoms with E-state index in [1.165, 1.54) is 7.11 Å². The van der Waals surface area contributed by atoms with Crippen molar-refractivity contribution in [1.82, 2.24) is 5.32 Å². The summed E-state index contributed by atoms with van der Waals surface area (Å²) in [5.41, 5.74) is 0.410. The van der Waals surface area contributed by atoms with Crippen molar-refractivity contribution in [2.75, 3.05) is 34.5 Å². The SMILES string of the molecule is COCC(CCO)NC(=O)c1ccc(OC)cc1OC. The van der Waals surface area contributed by atoms with Gasteiger partial charge in [0.05, 0.1) is 32.4 Å². The highest BCUT2D eigenvalue weighted by Gasteiger charge is 2.17. The van der Waals surface area contributed by atoms with Crippen LogP contribution in [0, 0.1) is 0 Å².